The minimum atomic E-state index is -0.719. The first-order valence-corrected chi connectivity index (χ1v) is 38.8. The number of fused-ring (bicyclic) bond motifs is 3. The second kappa shape index (κ2) is 32.4. The van der Waals surface area contributed by atoms with Gasteiger partial charge >= 0.3 is 5.97 Å². The van der Waals surface area contributed by atoms with Crippen molar-refractivity contribution in [2.45, 2.75) is 236 Å². The average molecular weight is 1380 g/mol. The lowest BCUT2D eigenvalue weighted by Gasteiger charge is -2.42. The summed E-state index contributed by atoms with van der Waals surface area (Å²) in [4.78, 5) is 35.6. The van der Waals surface area contributed by atoms with Crippen molar-refractivity contribution >= 4 is 23.4 Å². The van der Waals surface area contributed by atoms with Crippen LogP contribution < -0.4 is 30.7 Å². The van der Waals surface area contributed by atoms with Gasteiger partial charge in [-0.3, -0.25) is 9.69 Å². The van der Waals surface area contributed by atoms with Gasteiger partial charge in [-0.25, -0.2) is 15.0 Å². The number of piperidine rings is 2. The highest BCUT2D eigenvalue weighted by atomic mass is 16.4. The number of hydrogen-bond donors (Lipinski definition) is 7. The van der Waals surface area contributed by atoms with Gasteiger partial charge in [-0.1, -0.05) is 138 Å². The third kappa shape index (κ3) is 18.6. The van der Waals surface area contributed by atoms with Crippen LogP contribution in [0.4, 0.5) is 17.5 Å². The van der Waals surface area contributed by atoms with E-state index in [1.165, 1.54) is 88.6 Å². The Bertz CT molecular complexity index is 3720. The smallest absolute Gasteiger partial charge is 0.303 e. The number of carbonyl (C=O) groups is 1. The summed E-state index contributed by atoms with van der Waals surface area (Å²) in [5.74, 6) is 2.50. The van der Waals surface area contributed by atoms with Gasteiger partial charge in [0, 0.05) is 119 Å². The topological polar surface area (TPSA) is 186 Å². The van der Waals surface area contributed by atoms with Crippen LogP contribution in [0.2, 0.25) is 0 Å². The zero-order valence-electron chi connectivity index (χ0n) is 63.6. The summed E-state index contributed by atoms with van der Waals surface area (Å²) in [5, 5.41) is 47.9. The minimum Gasteiger partial charge on any atom is -0.481 e. The molecule has 7 heterocycles. The molecule has 15 heteroatoms. The van der Waals surface area contributed by atoms with E-state index in [1.807, 2.05) is 0 Å². The Kier molecular flexibility index (Phi) is 24.3. The van der Waals surface area contributed by atoms with E-state index < -0.39 is 5.97 Å². The van der Waals surface area contributed by atoms with Crippen LogP contribution in [0.15, 0.2) is 109 Å². The first-order valence-electron chi connectivity index (χ1n) is 38.8. The number of carboxylic acids is 1. The van der Waals surface area contributed by atoms with Gasteiger partial charge in [0.2, 0.25) is 0 Å². The zero-order chi connectivity index (χ0) is 71.9. The summed E-state index contributed by atoms with van der Waals surface area (Å²) in [5.41, 5.74) is 17.0. The van der Waals surface area contributed by atoms with Crippen LogP contribution in [-0.2, 0) is 37.3 Å². The summed E-state index contributed by atoms with van der Waals surface area (Å²) < 4.78 is 0. The number of carboxylic acid groups (broad SMARTS) is 1. The molecule has 0 radical (unpaired) electrons. The molecule has 2 atom stereocenters. The first kappa shape index (κ1) is 75.8. The zero-order valence-corrected chi connectivity index (χ0v) is 63.6. The lowest BCUT2D eigenvalue weighted by Crippen LogP contribution is -2.48. The molecule has 0 spiro atoms. The number of aliphatic hydroxyl groups is 3. The molecule has 4 saturated heterocycles. The van der Waals surface area contributed by atoms with Gasteiger partial charge in [-0.05, 0) is 230 Å². The normalized spacial score (nSPS) is 22.1. The quantitative estimate of drug-likeness (QED) is 0.0358. The molecule has 0 saturated carbocycles. The molecule has 0 bridgehead atoms. The van der Waals surface area contributed by atoms with Crippen LogP contribution in [0.25, 0.3) is 33.8 Å². The number of benzene rings is 3. The first-order chi connectivity index (χ1) is 48.1. The fourth-order valence-corrected chi connectivity index (χ4v) is 17.0. The van der Waals surface area contributed by atoms with E-state index in [4.69, 9.17) is 20.1 Å². The van der Waals surface area contributed by atoms with Crippen LogP contribution in [-0.4, -0.2) is 162 Å². The highest BCUT2D eigenvalue weighted by Gasteiger charge is 2.40. The Balaban J connectivity index is 0.000000153. The monoisotopic (exact) mass is 1380 g/mol. The maximum Gasteiger partial charge on any atom is 0.303 e. The molecular weight excluding hydrogens is 1250 g/mol. The predicted molar refractivity (Wildman–Crippen MR) is 416 cm³/mol. The van der Waals surface area contributed by atoms with Crippen LogP contribution in [0.5, 0.6) is 0 Å². The Hall–Kier alpha value is -6.30. The van der Waals surface area contributed by atoms with Gasteiger partial charge < -0.3 is 51.1 Å². The molecule has 548 valence electrons. The summed E-state index contributed by atoms with van der Waals surface area (Å²) in [6.07, 6.45) is 15.2. The molecule has 3 aliphatic carbocycles. The van der Waals surface area contributed by atoms with Crippen LogP contribution >= 0.6 is 0 Å². The third-order valence-corrected chi connectivity index (χ3v) is 24.5. The van der Waals surface area contributed by atoms with Crippen molar-refractivity contribution in [1.82, 2.24) is 35.8 Å². The number of nitrogens with zero attached hydrogens (tertiary/aromatic N) is 7. The van der Waals surface area contributed by atoms with Crippen molar-refractivity contribution in [2.24, 2.45) is 5.92 Å². The Labute approximate surface area is 606 Å². The maximum atomic E-state index is 10.7. The number of hydrogen-bond acceptors (Lipinski definition) is 14. The number of aliphatic hydroxyl groups excluding tert-OH is 3. The molecule has 15 nitrogen and oxygen atoms in total. The molecule has 6 aromatic rings. The summed E-state index contributed by atoms with van der Waals surface area (Å²) in [6.45, 7) is 40.2. The number of rotatable bonds is 20. The molecule has 7 aliphatic rings. The van der Waals surface area contributed by atoms with E-state index in [0.29, 0.717) is 18.5 Å². The molecular formula is C86H124N10O5. The van der Waals surface area contributed by atoms with Crippen molar-refractivity contribution in [2.75, 3.05) is 106 Å². The number of anilines is 3. The Morgan fingerprint density at radius 2 is 0.861 bits per heavy atom. The van der Waals surface area contributed by atoms with Crippen LogP contribution in [0.3, 0.4) is 0 Å². The summed E-state index contributed by atoms with van der Waals surface area (Å²) in [6, 6.07) is 41.4. The van der Waals surface area contributed by atoms with E-state index in [0.717, 1.165) is 158 Å². The van der Waals surface area contributed by atoms with Crippen molar-refractivity contribution in [1.29, 1.82) is 0 Å². The second-order valence-electron chi connectivity index (χ2n) is 34.7. The van der Waals surface area contributed by atoms with Gasteiger partial charge in [0.1, 0.15) is 17.5 Å². The molecule has 0 unspecified atom stereocenters. The molecule has 3 aromatic heterocycles. The number of aliphatic carboxylic acids is 1. The molecule has 4 aliphatic heterocycles. The number of nitrogens with one attached hydrogen (secondary N) is 3. The van der Waals surface area contributed by atoms with E-state index in [1.54, 1.807) is 0 Å². The number of piperazine rings is 1. The van der Waals surface area contributed by atoms with Crippen LogP contribution in [0.1, 0.15) is 213 Å². The van der Waals surface area contributed by atoms with E-state index in [-0.39, 0.29) is 70.2 Å². The lowest BCUT2D eigenvalue weighted by molar-refractivity contribution is -0.137. The second-order valence-corrected chi connectivity index (χ2v) is 34.7. The van der Waals surface area contributed by atoms with Crippen molar-refractivity contribution in [3.8, 4) is 33.8 Å². The van der Waals surface area contributed by atoms with Gasteiger partial charge in [-0.15, -0.1) is 0 Å². The van der Waals surface area contributed by atoms with Crippen molar-refractivity contribution in [3.05, 3.63) is 143 Å². The van der Waals surface area contributed by atoms with Gasteiger partial charge in [0.25, 0.3) is 0 Å². The highest BCUT2D eigenvalue weighted by Crippen LogP contribution is 2.50. The third-order valence-electron chi connectivity index (χ3n) is 24.5. The predicted octanol–water partition coefficient (Wildman–Crippen LogP) is 14.5. The van der Waals surface area contributed by atoms with Gasteiger partial charge in [-0.2, -0.15) is 0 Å². The molecule has 0 amide bonds. The molecule has 3 aromatic carbocycles. The van der Waals surface area contributed by atoms with E-state index in [9.17, 15) is 20.1 Å². The van der Waals surface area contributed by atoms with Gasteiger partial charge in [0.15, 0.2) is 0 Å². The number of pyridine rings is 3. The Morgan fingerprint density at radius 3 is 1.23 bits per heavy atom. The van der Waals surface area contributed by atoms with Gasteiger partial charge in [0.05, 0.1) is 23.2 Å². The summed E-state index contributed by atoms with van der Waals surface area (Å²) in [7, 11) is 0. The summed E-state index contributed by atoms with van der Waals surface area (Å²) >= 11 is 0. The van der Waals surface area contributed by atoms with E-state index in [2.05, 4.69) is 228 Å². The van der Waals surface area contributed by atoms with Crippen molar-refractivity contribution in [3.63, 3.8) is 0 Å². The standard InChI is InChI=1S/C29H42N4O.C29H43N3O2.C28H39N3O2/c1-28(2)13-14-29(3,4)23-18-20(8-9-22(23)28)24-6-5-7-27(32-24)33-16-11-21(12-17-33)31-19-25-26(34)10-15-30-25;1-28(2)12-13-29(3,4)25-19-23(10-11-24(25)28)26-8-5-9-27(30-26)32-17-15-31(16-18-32)14-6-7-22(20-33)21-34;1-27(2)14-15-28(3,4)23-19-20(10-11-22(23)27)24-7-5-8-25(30-24)31-17-12-21(13-18-31)29-16-6-9-26(32)33/h5-9,18,21,25-26,30-31,34H,10-17,19H2,1-4H3;5,8-11,19,22,33-34H,6-7,12-18,20-21H2,1-4H3;5,7-8,10-11,19,21,29H,6,9,12-18H2,1-4H3,(H,32,33)/t25-,26+;;/m1../s1. The lowest BCUT2D eigenvalue weighted by atomic mass is 9.63. The number of aromatic nitrogens is 3. The maximum absolute atomic E-state index is 10.7. The minimum absolute atomic E-state index is 0.0217. The molecule has 7 N–H and O–H groups in total. The fraction of sp³-hybridized carbons (Fsp3) is 0.605. The van der Waals surface area contributed by atoms with Crippen LogP contribution in [0, 0.1) is 5.92 Å². The Morgan fingerprint density at radius 1 is 0.485 bits per heavy atom. The SMILES string of the molecule is CC1(C)CCC(C)(C)c2cc(-c3cccc(N4CCC(NCCCC(=O)O)CC4)n3)ccc21.CC1(C)CCC(C)(C)c2cc(-c3cccc(N4CCC(NC[C@H]5NCC[C@@H]5O)CC4)n3)ccc21.CC1(C)CCC(C)(C)c2cc(-c3cccc(N4CCN(CCCC(CO)CO)CC4)n3)ccc21. The molecule has 4 fully saturated rings. The molecule has 13 rings (SSSR count). The van der Waals surface area contributed by atoms with E-state index >= 15 is 0 Å². The molecule has 101 heavy (non-hydrogen) atoms. The highest BCUT2D eigenvalue weighted by molar-refractivity contribution is 5.68. The average Bonchev–Trinajstić information content (AvgIpc) is 0.958. The largest absolute Gasteiger partial charge is 0.481 e. The fourth-order valence-electron chi connectivity index (χ4n) is 17.0. The van der Waals surface area contributed by atoms with Crippen molar-refractivity contribution < 1.29 is 25.2 Å².